The standard InChI is InChI=1S/C11H9ClO2/c1-2-3-8-14-11(13)9-4-6-10(12)7-5-9/h1,4-7H,3,8H2. The van der Waals surface area contributed by atoms with Gasteiger partial charge in [0.15, 0.2) is 0 Å². The van der Waals surface area contributed by atoms with E-state index in [0.29, 0.717) is 17.0 Å². The number of carbonyl (C=O) groups excluding carboxylic acids is 1. The number of hydrogen-bond donors (Lipinski definition) is 0. The molecule has 1 aromatic rings. The minimum Gasteiger partial charge on any atom is -0.461 e. The molecule has 1 aromatic carbocycles. The fourth-order valence-electron chi connectivity index (χ4n) is 0.872. The Bertz CT molecular complexity index is 349. The molecular weight excluding hydrogens is 200 g/mol. The lowest BCUT2D eigenvalue weighted by Crippen LogP contribution is -2.05. The van der Waals surface area contributed by atoms with Crippen molar-refractivity contribution in [2.45, 2.75) is 6.42 Å². The second kappa shape index (κ2) is 5.31. The van der Waals surface area contributed by atoms with Crippen molar-refractivity contribution in [3.8, 4) is 12.3 Å². The Morgan fingerprint density at radius 2 is 2.07 bits per heavy atom. The molecule has 0 fully saturated rings. The highest BCUT2D eigenvalue weighted by Gasteiger charge is 2.05. The summed E-state index contributed by atoms with van der Waals surface area (Å²) in [5.41, 5.74) is 0.478. The predicted molar refractivity (Wildman–Crippen MR) is 55.2 cm³/mol. The van der Waals surface area contributed by atoms with Crippen molar-refractivity contribution in [1.82, 2.24) is 0 Å². The van der Waals surface area contributed by atoms with E-state index in [-0.39, 0.29) is 12.6 Å². The molecule has 1 rings (SSSR count). The van der Waals surface area contributed by atoms with E-state index in [4.69, 9.17) is 22.8 Å². The maximum Gasteiger partial charge on any atom is 0.338 e. The van der Waals surface area contributed by atoms with Crippen molar-refractivity contribution < 1.29 is 9.53 Å². The summed E-state index contributed by atoms with van der Waals surface area (Å²) in [7, 11) is 0. The second-order valence-corrected chi connectivity index (χ2v) is 3.03. The van der Waals surface area contributed by atoms with Gasteiger partial charge in [-0.3, -0.25) is 0 Å². The monoisotopic (exact) mass is 208 g/mol. The molecule has 0 saturated carbocycles. The van der Waals surface area contributed by atoms with Crippen LogP contribution in [0.3, 0.4) is 0 Å². The van der Waals surface area contributed by atoms with Gasteiger partial charge in [-0.1, -0.05) is 11.6 Å². The molecule has 0 spiro atoms. The van der Waals surface area contributed by atoms with Gasteiger partial charge in [-0.25, -0.2) is 4.79 Å². The van der Waals surface area contributed by atoms with Gasteiger partial charge < -0.3 is 4.74 Å². The Morgan fingerprint density at radius 1 is 1.43 bits per heavy atom. The van der Waals surface area contributed by atoms with Crippen LogP contribution in [0.2, 0.25) is 5.02 Å². The highest BCUT2D eigenvalue weighted by Crippen LogP contribution is 2.10. The van der Waals surface area contributed by atoms with Crippen molar-refractivity contribution in [3.63, 3.8) is 0 Å². The summed E-state index contributed by atoms with van der Waals surface area (Å²) in [6, 6.07) is 6.50. The van der Waals surface area contributed by atoms with Crippen molar-refractivity contribution >= 4 is 17.6 Å². The van der Waals surface area contributed by atoms with E-state index in [2.05, 4.69) is 5.92 Å². The van der Waals surface area contributed by atoms with Crippen LogP contribution < -0.4 is 0 Å². The second-order valence-electron chi connectivity index (χ2n) is 2.60. The zero-order valence-corrected chi connectivity index (χ0v) is 8.25. The van der Waals surface area contributed by atoms with Gasteiger partial charge in [0.2, 0.25) is 0 Å². The summed E-state index contributed by atoms with van der Waals surface area (Å²) in [6.45, 7) is 0.248. The van der Waals surface area contributed by atoms with E-state index in [1.54, 1.807) is 24.3 Å². The Morgan fingerprint density at radius 3 is 2.64 bits per heavy atom. The summed E-state index contributed by atoms with van der Waals surface area (Å²) in [5, 5.41) is 0.588. The topological polar surface area (TPSA) is 26.3 Å². The Kier molecular flexibility index (Phi) is 4.03. The lowest BCUT2D eigenvalue weighted by molar-refractivity contribution is 0.0514. The van der Waals surface area contributed by atoms with Crippen molar-refractivity contribution in [2.24, 2.45) is 0 Å². The molecule has 0 amide bonds. The van der Waals surface area contributed by atoms with E-state index >= 15 is 0 Å². The van der Waals surface area contributed by atoms with Gasteiger partial charge in [-0.15, -0.1) is 12.3 Å². The van der Waals surface area contributed by atoms with E-state index < -0.39 is 0 Å². The van der Waals surface area contributed by atoms with Crippen LogP contribution in [0.25, 0.3) is 0 Å². The molecule has 0 aliphatic heterocycles. The first-order valence-corrected chi connectivity index (χ1v) is 4.48. The summed E-state index contributed by atoms with van der Waals surface area (Å²) in [5.74, 6) is 2.01. The molecular formula is C11H9ClO2. The lowest BCUT2D eigenvalue weighted by atomic mass is 10.2. The number of rotatable bonds is 3. The summed E-state index contributed by atoms with van der Waals surface area (Å²) in [4.78, 5) is 11.3. The van der Waals surface area contributed by atoms with Crippen LogP contribution in [-0.4, -0.2) is 12.6 Å². The SMILES string of the molecule is C#CCCOC(=O)c1ccc(Cl)cc1. The van der Waals surface area contributed by atoms with Crippen LogP contribution in [0.5, 0.6) is 0 Å². The average molecular weight is 209 g/mol. The molecule has 0 N–H and O–H groups in total. The van der Waals surface area contributed by atoms with Gasteiger partial charge in [-0.2, -0.15) is 0 Å². The predicted octanol–water partition coefficient (Wildman–Crippen LogP) is 2.52. The van der Waals surface area contributed by atoms with Gasteiger partial charge in [0.1, 0.15) is 6.61 Å². The van der Waals surface area contributed by atoms with E-state index in [1.807, 2.05) is 0 Å². The molecule has 0 atom stereocenters. The normalized spacial score (nSPS) is 9.14. The highest BCUT2D eigenvalue weighted by atomic mass is 35.5. The van der Waals surface area contributed by atoms with Crippen molar-refractivity contribution in [3.05, 3.63) is 34.9 Å². The van der Waals surface area contributed by atoms with Gasteiger partial charge >= 0.3 is 5.97 Å². The fraction of sp³-hybridized carbons (Fsp3) is 0.182. The van der Waals surface area contributed by atoms with Gasteiger partial charge in [0.05, 0.1) is 5.56 Å². The minimum absolute atomic E-state index is 0.248. The van der Waals surface area contributed by atoms with Crippen LogP contribution in [0.15, 0.2) is 24.3 Å². The third-order valence-corrected chi connectivity index (χ3v) is 1.81. The van der Waals surface area contributed by atoms with E-state index in [9.17, 15) is 4.79 Å². The van der Waals surface area contributed by atoms with Crippen LogP contribution in [0.1, 0.15) is 16.8 Å². The Balaban J connectivity index is 2.53. The molecule has 3 heteroatoms. The molecule has 2 nitrogen and oxygen atoms in total. The number of esters is 1. The van der Waals surface area contributed by atoms with Gasteiger partial charge in [0, 0.05) is 11.4 Å². The first kappa shape index (κ1) is 10.6. The molecule has 0 bridgehead atoms. The van der Waals surface area contributed by atoms with E-state index in [0.717, 1.165) is 0 Å². The van der Waals surface area contributed by atoms with Crippen LogP contribution in [0, 0.1) is 12.3 Å². The molecule has 0 saturated heterocycles. The number of benzene rings is 1. The number of terminal acetylenes is 1. The van der Waals surface area contributed by atoms with Gasteiger partial charge in [0.25, 0.3) is 0 Å². The molecule has 14 heavy (non-hydrogen) atoms. The molecule has 0 aliphatic rings. The molecule has 0 heterocycles. The largest absolute Gasteiger partial charge is 0.461 e. The van der Waals surface area contributed by atoms with Crippen LogP contribution >= 0.6 is 11.6 Å². The van der Waals surface area contributed by atoms with Crippen LogP contribution in [-0.2, 0) is 4.74 Å². The maximum atomic E-state index is 11.3. The smallest absolute Gasteiger partial charge is 0.338 e. The molecule has 0 aromatic heterocycles. The molecule has 0 unspecified atom stereocenters. The zero-order chi connectivity index (χ0) is 10.4. The number of ether oxygens (including phenoxy) is 1. The Hall–Kier alpha value is -1.46. The number of halogens is 1. The molecule has 72 valence electrons. The quantitative estimate of drug-likeness (QED) is 0.434. The van der Waals surface area contributed by atoms with Crippen LogP contribution in [0.4, 0.5) is 0 Å². The van der Waals surface area contributed by atoms with E-state index in [1.165, 1.54) is 0 Å². The number of hydrogen-bond acceptors (Lipinski definition) is 2. The molecule has 0 radical (unpaired) electrons. The molecule has 0 aliphatic carbocycles. The summed E-state index contributed by atoms with van der Waals surface area (Å²) >= 11 is 5.66. The third kappa shape index (κ3) is 3.12. The fourth-order valence-corrected chi connectivity index (χ4v) is 0.998. The van der Waals surface area contributed by atoms with Crippen molar-refractivity contribution in [2.75, 3.05) is 6.61 Å². The maximum absolute atomic E-state index is 11.3. The lowest BCUT2D eigenvalue weighted by Gasteiger charge is -2.01. The Labute approximate surface area is 87.8 Å². The summed E-state index contributed by atoms with van der Waals surface area (Å²) < 4.78 is 4.88. The zero-order valence-electron chi connectivity index (χ0n) is 7.50. The highest BCUT2D eigenvalue weighted by molar-refractivity contribution is 6.30. The minimum atomic E-state index is -0.378. The average Bonchev–Trinajstić information content (AvgIpc) is 2.19. The number of carbonyl (C=O) groups is 1. The van der Waals surface area contributed by atoms with Crippen molar-refractivity contribution in [1.29, 1.82) is 0 Å². The summed E-state index contributed by atoms with van der Waals surface area (Å²) in [6.07, 6.45) is 5.44. The van der Waals surface area contributed by atoms with Gasteiger partial charge in [-0.05, 0) is 24.3 Å². The first-order valence-electron chi connectivity index (χ1n) is 4.10. The third-order valence-electron chi connectivity index (χ3n) is 1.56. The first-order chi connectivity index (χ1) is 6.74.